The molecule has 5 rings (SSSR count). The fourth-order valence-electron chi connectivity index (χ4n) is 4.80. The number of hydrogen-bond donors (Lipinski definition) is 2. The van der Waals surface area contributed by atoms with Crippen molar-refractivity contribution in [1.29, 1.82) is 0 Å². The van der Waals surface area contributed by atoms with Crippen molar-refractivity contribution in [2.75, 3.05) is 25.0 Å². The quantitative estimate of drug-likeness (QED) is 0.210. The number of carbonyl (C=O) groups is 2. The van der Waals surface area contributed by atoms with Crippen LogP contribution in [0.2, 0.25) is 0 Å². The molecule has 0 spiro atoms. The molecule has 4 aromatic carbocycles. The van der Waals surface area contributed by atoms with E-state index in [4.69, 9.17) is 0 Å². The maximum absolute atomic E-state index is 13.6. The highest BCUT2D eigenvalue weighted by atomic mass is 32.2. The molecule has 1 aliphatic heterocycles. The molecular formula is C32H31N5O6S2. The molecule has 232 valence electrons. The topological polar surface area (TPSA) is 145 Å². The van der Waals surface area contributed by atoms with Crippen LogP contribution < -0.4 is 10.7 Å². The first-order valence-corrected chi connectivity index (χ1v) is 16.9. The van der Waals surface area contributed by atoms with Crippen molar-refractivity contribution in [3.05, 3.63) is 126 Å². The lowest BCUT2D eigenvalue weighted by atomic mass is 10.1. The van der Waals surface area contributed by atoms with Crippen LogP contribution in [0, 0.1) is 0 Å². The third-order valence-corrected chi connectivity index (χ3v) is 11.1. The van der Waals surface area contributed by atoms with Crippen molar-refractivity contribution >= 4 is 43.3 Å². The Hall–Kier alpha value is -4.69. The maximum Gasteiger partial charge on any atom is 0.259 e. The van der Waals surface area contributed by atoms with Gasteiger partial charge in [-0.3, -0.25) is 9.59 Å². The lowest BCUT2D eigenvalue weighted by Crippen LogP contribution is -2.60. The fraction of sp³-hybridized carbons (Fsp3) is 0.156. The van der Waals surface area contributed by atoms with Crippen molar-refractivity contribution < 1.29 is 26.4 Å². The number of carbonyl (C=O) groups excluding carboxylic acids is 2. The lowest BCUT2D eigenvalue weighted by Gasteiger charge is -2.38. The van der Waals surface area contributed by atoms with E-state index in [9.17, 15) is 26.4 Å². The Morgan fingerprint density at radius 2 is 1.22 bits per heavy atom. The molecule has 2 N–H and O–H groups in total. The van der Waals surface area contributed by atoms with Gasteiger partial charge in [-0.15, -0.1) is 0 Å². The molecule has 0 radical (unpaired) electrons. The van der Waals surface area contributed by atoms with Gasteiger partial charge in [0.2, 0.25) is 20.0 Å². The van der Waals surface area contributed by atoms with Crippen molar-refractivity contribution in [2.45, 2.75) is 22.8 Å². The van der Waals surface area contributed by atoms with Crippen molar-refractivity contribution in [3.8, 4) is 0 Å². The fourth-order valence-corrected chi connectivity index (χ4v) is 7.85. The van der Waals surface area contributed by atoms with Gasteiger partial charge in [0.05, 0.1) is 15.5 Å². The van der Waals surface area contributed by atoms with Gasteiger partial charge in [-0.05, 0) is 61.0 Å². The number of hydrogen-bond acceptors (Lipinski definition) is 7. The number of nitrogens with one attached hydrogen (secondary N) is 2. The first-order chi connectivity index (χ1) is 21.6. The number of hydrazone groups is 1. The summed E-state index contributed by atoms with van der Waals surface area (Å²) in [4.78, 5) is 26.0. The number of rotatable bonds is 9. The highest BCUT2D eigenvalue weighted by Gasteiger charge is 2.43. The van der Waals surface area contributed by atoms with Crippen LogP contribution in [0.5, 0.6) is 0 Å². The van der Waals surface area contributed by atoms with E-state index in [2.05, 4.69) is 15.8 Å². The third-order valence-electron chi connectivity index (χ3n) is 7.26. The SMILES string of the molecule is C/C(=N/NC(=O)[C@@H]1CN(S(=O)(=O)c2ccccc2)CCN1S(=O)(=O)c1ccccc1)c1ccc(NC(=O)c2ccccc2)cc1. The molecule has 1 fully saturated rings. The number of anilines is 1. The Kier molecular flexibility index (Phi) is 9.54. The van der Waals surface area contributed by atoms with E-state index >= 15 is 0 Å². The Bertz CT molecular complexity index is 1900. The third kappa shape index (κ3) is 7.18. The van der Waals surface area contributed by atoms with Gasteiger partial charge in [-0.1, -0.05) is 66.7 Å². The van der Waals surface area contributed by atoms with Gasteiger partial charge in [-0.25, -0.2) is 22.3 Å². The number of piperazine rings is 1. The van der Waals surface area contributed by atoms with E-state index in [1.165, 1.54) is 24.3 Å². The lowest BCUT2D eigenvalue weighted by molar-refractivity contribution is -0.125. The van der Waals surface area contributed by atoms with Gasteiger partial charge in [-0.2, -0.15) is 13.7 Å². The summed E-state index contributed by atoms with van der Waals surface area (Å²) in [5.41, 5.74) is 4.56. The van der Waals surface area contributed by atoms with Gasteiger partial charge in [0.1, 0.15) is 6.04 Å². The van der Waals surface area contributed by atoms with E-state index in [-0.39, 0.29) is 28.8 Å². The molecule has 0 bridgehead atoms. The van der Waals surface area contributed by atoms with Gasteiger partial charge in [0.15, 0.2) is 0 Å². The molecule has 2 amide bonds. The summed E-state index contributed by atoms with van der Waals surface area (Å²) in [7, 11) is -8.15. The summed E-state index contributed by atoms with van der Waals surface area (Å²) < 4.78 is 56.1. The molecule has 13 heteroatoms. The van der Waals surface area contributed by atoms with Crippen LogP contribution in [-0.4, -0.2) is 68.6 Å². The van der Waals surface area contributed by atoms with Gasteiger partial charge < -0.3 is 5.32 Å². The summed E-state index contributed by atoms with van der Waals surface area (Å²) >= 11 is 0. The Labute approximate surface area is 262 Å². The second-order valence-electron chi connectivity index (χ2n) is 10.2. The van der Waals surface area contributed by atoms with Crippen molar-refractivity contribution in [3.63, 3.8) is 0 Å². The summed E-state index contributed by atoms with van der Waals surface area (Å²) in [6, 6.07) is 29.6. The zero-order chi connectivity index (χ0) is 32.0. The van der Waals surface area contributed by atoms with Crippen LogP contribution in [0.4, 0.5) is 5.69 Å². The molecule has 1 atom stereocenters. The summed E-state index contributed by atoms with van der Waals surface area (Å²) in [6.45, 7) is 0.881. The van der Waals surface area contributed by atoms with E-state index in [0.29, 0.717) is 22.5 Å². The summed E-state index contributed by atoms with van der Waals surface area (Å²) in [6.07, 6.45) is 0. The minimum Gasteiger partial charge on any atom is -0.322 e. The smallest absolute Gasteiger partial charge is 0.259 e. The van der Waals surface area contributed by atoms with Gasteiger partial charge in [0, 0.05) is 30.9 Å². The molecule has 45 heavy (non-hydrogen) atoms. The van der Waals surface area contributed by atoms with Crippen LogP contribution in [0.15, 0.2) is 130 Å². The minimum absolute atomic E-state index is 0.0127. The minimum atomic E-state index is -4.15. The molecule has 4 aromatic rings. The molecule has 1 aliphatic rings. The molecule has 0 aromatic heterocycles. The number of benzene rings is 4. The van der Waals surface area contributed by atoms with E-state index in [1.54, 1.807) is 91.9 Å². The van der Waals surface area contributed by atoms with E-state index < -0.39 is 38.5 Å². The second-order valence-corrected chi connectivity index (χ2v) is 14.0. The molecule has 1 heterocycles. The number of amides is 2. The van der Waals surface area contributed by atoms with Crippen molar-refractivity contribution in [1.82, 2.24) is 14.0 Å². The first kappa shape index (κ1) is 31.7. The van der Waals surface area contributed by atoms with E-state index in [0.717, 1.165) is 8.61 Å². The zero-order valence-corrected chi connectivity index (χ0v) is 25.9. The second kappa shape index (κ2) is 13.5. The van der Waals surface area contributed by atoms with Gasteiger partial charge >= 0.3 is 0 Å². The maximum atomic E-state index is 13.6. The molecular weight excluding hydrogens is 615 g/mol. The predicted molar refractivity (Wildman–Crippen MR) is 171 cm³/mol. The van der Waals surface area contributed by atoms with Crippen LogP contribution >= 0.6 is 0 Å². The summed E-state index contributed by atoms with van der Waals surface area (Å²) in [5.74, 6) is -1.04. The van der Waals surface area contributed by atoms with Crippen LogP contribution in [0.1, 0.15) is 22.8 Å². The average Bonchev–Trinajstić information content (AvgIpc) is 3.08. The van der Waals surface area contributed by atoms with Crippen LogP contribution in [0.3, 0.4) is 0 Å². The molecule has 0 unspecified atom stereocenters. The van der Waals surface area contributed by atoms with E-state index in [1.807, 2.05) is 6.07 Å². The molecule has 1 saturated heterocycles. The highest BCUT2D eigenvalue weighted by molar-refractivity contribution is 7.89. The Morgan fingerprint density at radius 1 is 0.689 bits per heavy atom. The summed E-state index contributed by atoms with van der Waals surface area (Å²) in [5, 5.41) is 7.00. The number of nitrogens with zero attached hydrogens (tertiary/aromatic N) is 3. The van der Waals surface area contributed by atoms with Gasteiger partial charge in [0.25, 0.3) is 11.8 Å². The highest BCUT2D eigenvalue weighted by Crippen LogP contribution is 2.25. The molecule has 11 nitrogen and oxygen atoms in total. The largest absolute Gasteiger partial charge is 0.322 e. The van der Waals surface area contributed by atoms with Crippen LogP contribution in [-0.2, 0) is 24.8 Å². The number of sulfonamides is 2. The first-order valence-electron chi connectivity index (χ1n) is 14.0. The Balaban J connectivity index is 1.35. The average molecular weight is 646 g/mol. The Morgan fingerprint density at radius 3 is 1.80 bits per heavy atom. The predicted octanol–water partition coefficient (Wildman–Crippen LogP) is 3.54. The monoisotopic (exact) mass is 645 g/mol. The van der Waals surface area contributed by atoms with Crippen LogP contribution in [0.25, 0.3) is 0 Å². The standard InChI is InChI=1S/C32H31N5O6S2/c1-24(25-17-19-27(20-18-25)33-31(38)26-11-5-2-6-12-26)34-35-32(39)30-23-36(44(40,41)28-13-7-3-8-14-28)21-22-37(30)45(42,43)29-15-9-4-10-16-29/h2-20,30H,21-23H2,1H3,(H,33,38)(H,35,39)/b34-24-/t30-/m0/s1. The molecule has 0 aliphatic carbocycles. The molecule has 0 saturated carbocycles. The normalized spacial score (nSPS) is 16.6. The van der Waals surface area contributed by atoms with Crippen molar-refractivity contribution in [2.24, 2.45) is 5.10 Å². The zero-order valence-electron chi connectivity index (χ0n) is 24.3.